The van der Waals surface area contributed by atoms with Gasteiger partial charge in [0.25, 0.3) is 0 Å². The Bertz CT molecular complexity index is 1830. The van der Waals surface area contributed by atoms with Crippen molar-refractivity contribution in [3.8, 4) is 23.2 Å². The largest absolute Gasteiger partial charge is 0.462 e. The number of likely N-dealkylation sites (N-methyl/N-ethyl adjacent to an activating group) is 1. The Balaban J connectivity index is 1.07. The molecule has 1 aromatic heterocycles. The fraction of sp³-hybridized carbons (Fsp3) is 0.385. The first-order valence-corrected chi connectivity index (χ1v) is 17.3. The van der Waals surface area contributed by atoms with Gasteiger partial charge in [-0.2, -0.15) is 15.2 Å². The molecular formula is C39H41N7O3. The molecule has 3 aliphatic heterocycles. The van der Waals surface area contributed by atoms with Crippen molar-refractivity contribution in [2.45, 2.75) is 57.1 Å². The van der Waals surface area contributed by atoms with E-state index in [0.717, 1.165) is 35.6 Å². The number of piperazine rings is 1. The molecule has 2 saturated heterocycles. The number of nitriles is 1. The molecule has 2 atom stereocenters. The van der Waals surface area contributed by atoms with Gasteiger partial charge in [-0.3, -0.25) is 4.90 Å². The predicted molar refractivity (Wildman–Crippen MR) is 186 cm³/mol. The number of likely N-dealkylation sites (tertiary alicyclic amines) is 1. The minimum Gasteiger partial charge on any atom is -0.462 e. The Hall–Kier alpha value is -4.98. The Labute approximate surface area is 287 Å². The lowest BCUT2D eigenvalue weighted by molar-refractivity contribution is 0.0767. The normalized spacial score (nSPS) is 20.5. The summed E-state index contributed by atoms with van der Waals surface area (Å²) in [4.78, 5) is 32.1. The number of amides is 1. The van der Waals surface area contributed by atoms with Gasteiger partial charge in [0.15, 0.2) is 0 Å². The number of nitrogens with zero attached hydrogens (tertiary/aromatic N) is 7. The third kappa shape index (κ3) is 6.09. The summed E-state index contributed by atoms with van der Waals surface area (Å²) in [5.74, 6) is 0.835. The van der Waals surface area contributed by atoms with E-state index in [2.05, 4.69) is 76.3 Å². The van der Waals surface area contributed by atoms with Crippen LogP contribution in [0.3, 0.4) is 0 Å². The predicted octanol–water partition coefficient (Wildman–Crippen LogP) is 5.78. The molecule has 4 aliphatic rings. The van der Waals surface area contributed by atoms with Crippen molar-refractivity contribution in [3.63, 3.8) is 0 Å². The number of anilines is 1. The van der Waals surface area contributed by atoms with Crippen LogP contribution in [0.5, 0.6) is 6.01 Å². The van der Waals surface area contributed by atoms with Gasteiger partial charge in [0, 0.05) is 44.3 Å². The summed E-state index contributed by atoms with van der Waals surface area (Å²) >= 11 is 0. The summed E-state index contributed by atoms with van der Waals surface area (Å²) in [5.41, 5.74) is 8.17. The highest BCUT2D eigenvalue weighted by atomic mass is 16.6. The number of fused-ring (bicyclic) bond motifs is 4. The average Bonchev–Trinajstić information content (AvgIpc) is 3.84. The monoisotopic (exact) mass is 655 g/mol. The van der Waals surface area contributed by atoms with Crippen LogP contribution in [0, 0.1) is 11.3 Å². The lowest BCUT2D eigenvalue weighted by Gasteiger charge is -2.41. The zero-order valence-electron chi connectivity index (χ0n) is 27.9. The van der Waals surface area contributed by atoms with Crippen LogP contribution in [0.15, 0.2) is 78.9 Å². The molecule has 4 heterocycles. The van der Waals surface area contributed by atoms with E-state index >= 15 is 0 Å². The minimum atomic E-state index is -0.397. The maximum Gasteiger partial charge on any atom is 0.410 e. The topological polar surface area (TPSA) is 98.1 Å². The zero-order valence-corrected chi connectivity index (χ0v) is 27.9. The van der Waals surface area contributed by atoms with Crippen molar-refractivity contribution >= 4 is 11.9 Å². The van der Waals surface area contributed by atoms with E-state index in [1.54, 1.807) is 4.90 Å². The quantitative estimate of drug-likeness (QED) is 0.234. The van der Waals surface area contributed by atoms with Crippen LogP contribution in [0.25, 0.3) is 11.1 Å². The van der Waals surface area contributed by atoms with E-state index in [-0.39, 0.29) is 25.1 Å². The lowest BCUT2D eigenvalue weighted by atomic mass is 10.0. The van der Waals surface area contributed by atoms with E-state index in [1.165, 1.54) is 28.7 Å². The molecule has 0 radical (unpaired) electrons. The SMILES string of the molecule is CN1CCC[C@H]1COc1nc2c(c(N3CCN(C(=O)OCc4ccccc4)[C@@H](CC#N)C3)n1)CN(C1c3ccccc3-c3ccccc31)C2. The van der Waals surface area contributed by atoms with Crippen molar-refractivity contribution in [1.29, 1.82) is 5.26 Å². The molecule has 0 unspecified atom stereocenters. The van der Waals surface area contributed by atoms with Crippen LogP contribution >= 0.6 is 0 Å². The van der Waals surface area contributed by atoms with Crippen molar-refractivity contribution in [1.82, 2.24) is 24.7 Å². The number of carbonyl (C=O) groups excluding carboxylic acids is 1. The third-order valence-corrected chi connectivity index (χ3v) is 10.6. The second-order valence-electron chi connectivity index (χ2n) is 13.5. The molecule has 1 amide bonds. The standard InChI is InChI=1S/C39H41N7O3/c1-43-19-9-12-29(43)26-48-38-41-35-24-45(36-32-15-7-5-13-30(32)31-14-6-8-16-33(31)36)23-34(35)37(42-38)44-20-21-46(28(22-44)17-18-40)39(47)49-25-27-10-3-2-4-11-27/h2-8,10-11,13-16,28-29,36H,9,12,17,19-26H2,1H3/t28-,29-/m0/s1. The molecule has 250 valence electrons. The highest BCUT2D eigenvalue weighted by molar-refractivity contribution is 5.78. The molecular weight excluding hydrogens is 614 g/mol. The van der Waals surface area contributed by atoms with E-state index in [1.807, 2.05) is 30.3 Å². The van der Waals surface area contributed by atoms with E-state index in [9.17, 15) is 10.1 Å². The fourth-order valence-electron chi connectivity index (χ4n) is 8.00. The highest BCUT2D eigenvalue weighted by Gasteiger charge is 2.40. The Kier molecular flexibility index (Phi) is 8.62. The fourth-order valence-corrected chi connectivity index (χ4v) is 8.00. The first-order chi connectivity index (χ1) is 24.1. The molecule has 1 aliphatic carbocycles. The van der Waals surface area contributed by atoms with E-state index < -0.39 is 6.09 Å². The number of benzene rings is 3. The number of hydrogen-bond acceptors (Lipinski definition) is 9. The molecule has 49 heavy (non-hydrogen) atoms. The molecule has 0 saturated carbocycles. The van der Waals surface area contributed by atoms with Crippen LogP contribution in [0.1, 0.15) is 53.3 Å². The summed E-state index contributed by atoms with van der Waals surface area (Å²) < 4.78 is 12.1. The van der Waals surface area contributed by atoms with Crippen LogP contribution in [0.4, 0.5) is 10.6 Å². The number of aromatic nitrogens is 2. The van der Waals surface area contributed by atoms with E-state index in [4.69, 9.17) is 19.4 Å². The van der Waals surface area contributed by atoms with Gasteiger partial charge in [-0.25, -0.2) is 4.79 Å². The molecule has 2 fully saturated rings. The molecule has 8 rings (SSSR count). The molecule has 10 heteroatoms. The van der Waals surface area contributed by atoms with Gasteiger partial charge in [0.1, 0.15) is 19.0 Å². The molecule has 3 aromatic carbocycles. The first-order valence-electron chi connectivity index (χ1n) is 17.3. The molecule has 10 nitrogen and oxygen atoms in total. The van der Waals surface area contributed by atoms with Crippen molar-refractivity contribution < 1.29 is 14.3 Å². The van der Waals surface area contributed by atoms with Crippen LogP contribution < -0.4 is 9.64 Å². The number of ether oxygens (including phenoxy) is 2. The van der Waals surface area contributed by atoms with Crippen molar-refractivity contribution in [3.05, 3.63) is 107 Å². The van der Waals surface area contributed by atoms with E-state index in [0.29, 0.717) is 51.4 Å². The van der Waals surface area contributed by atoms with Crippen LogP contribution in [0.2, 0.25) is 0 Å². The zero-order chi connectivity index (χ0) is 33.3. The summed E-state index contributed by atoms with van der Waals surface area (Å²) in [6.45, 7) is 4.62. The third-order valence-electron chi connectivity index (χ3n) is 10.6. The summed E-state index contributed by atoms with van der Waals surface area (Å²) in [7, 11) is 2.14. The average molecular weight is 656 g/mol. The van der Waals surface area contributed by atoms with Gasteiger partial charge in [0.2, 0.25) is 0 Å². The minimum absolute atomic E-state index is 0.105. The van der Waals surface area contributed by atoms with Gasteiger partial charge in [-0.05, 0) is 54.3 Å². The Morgan fingerprint density at radius 1 is 0.898 bits per heavy atom. The van der Waals surface area contributed by atoms with Gasteiger partial charge >= 0.3 is 12.1 Å². The highest BCUT2D eigenvalue weighted by Crippen LogP contribution is 2.49. The van der Waals surface area contributed by atoms with Gasteiger partial charge < -0.3 is 24.2 Å². The number of carbonyl (C=O) groups is 1. The second kappa shape index (κ2) is 13.5. The maximum atomic E-state index is 13.3. The Morgan fingerprint density at radius 3 is 2.35 bits per heavy atom. The van der Waals surface area contributed by atoms with Gasteiger partial charge in [-0.1, -0.05) is 78.9 Å². The summed E-state index contributed by atoms with van der Waals surface area (Å²) in [5, 5.41) is 9.79. The van der Waals surface area contributed by atoms with Gasteiger partial charge in [0.05, 0.1) is 30.3 Å². The summed E-state index contributed by atoms with van der Waals surface area (Å²) in [6, 6.07) is 29.8. The molecule has 4 aromatic rings. The van der Waals surface area contributed by atoms with Crippen molar-refractivity contribution in [2.24, 2.45) is 0 Å². The number of hydrogen-bond donors (Lipinski definition) is 0. The molecule has 0 bridgehead atoms. The molecule has 0 N–H and O–H groups in total. The smallest absolute Gasteiger partial charge is 0.410 e. The maximum absolute atomic E-state index is 13.3. The summed E-state index contributed by atoms with van der Waals surface area (Å²) in [6.07, 6.45) is 2.06. The Morgan fingerprint density at radius 2 is 1.63 bits per heavy atom. The number of rotatable bonds is 8. The first kappa shape index (κ1) is 31.3. The second-order valence-corrected chi connectivity index (χ2v) is 13.5. The van der Waals surface area contributed by atoms with Gasteiger partial charge in [-0.15, -0.1) is 0 Å². The molecule has 0 spiro atoms. The van der Waals surface area contributed by atoms with Crippen LogP contribution in [-0.2, 0) is 24.4 Å². The van der Waals surface area contributed by atoms with Crippen molar-refractivity contribution in [2.75, 3.05) is 44.7 Å². The lowest BCUT2D eigenvalue weighted by Crippen LogP contribution is -2.55. The van der Waals surface area contributed by atoms with Crippen LogP contribution in [-0.4, -0.2) is 82.7 Å².